The van der Waals surface area contributed by atoms with Crippen LogP contribution in [0.2, 0.25) is 0 Å². The quantitative estimate of drug-likeness (QED) is 0.707. The number of rotatable bonds is 0. The van der Waals surface area contributed by atoms with Crippen LogP contribution in [0.5, 0.6) is 0 Å². The lowest BCUT2D eigenvalue weighted by atomic mass is 9.65. The summed E-state index contributed by atoms with van der Waals surface area (Å²) in [4.78, 5) is 18.5. The van der Waals surface area contributed by atoms with Gasteiger partial charge in [-0.05, 0) is 30.1 Å². The van der Waals surface area contributed by atoms with Crippen molar-refractivity contribution in [1.82, 2.24) is 14.5 Å². The van der Waals surface area contributed by atoms with E-state index >= 15 is 0 Å². The molecule has 4 heteroatoms. The fraction of sp³-hybridized carbons (Fsp3) is 0.714. The Balaban J connectivity index is 1.86. The summed E-state index contributed by atoms with van der Waals surface area (Å²) in [7, 11) is 0. The van der Waals surface area contributed by atoms with Crippen LogP contribution in [0.1, 0.15) is 40.0 Å². The average molecular weight is 247 g/mol. The van der Waals surface area contributed by atoms with Gasteiger partial charge >= 0.3 is 6.03 Å². The predicted molar refractivity (Wildman–Crippen MR) is 69.3 cm³/mol. The van der Waals surface area contributed by atoms with Gasteiger partial charge in [0.05, 0.1) is 0 Å². The molecule has 1 saturated heterocycles. The van der Waals surface area contributed by atoms with E-state index in [-0.39, 0.29) is 6.03 Å². The molecular formula is C14H21N3O. The molecule has 1 saturated carbocycles. The summed E-state index contributed by atoms with van der Waals surface area (Å²) in [5.74, 6) is 0. The molecule has 1 aliphatic heterocycles. The molecule has 4 nitrogen and oxygen atoms in total. The van der Waals surface area contributed by atoms with E-state index in [1.807, 2.05) is 0 Å². The second-order valence-electron chi connectivity index (χ2n) is 7.09. The molecule has 0 spiro atoms. The fourth-order valence-corrected chi connectivity index (χ4v) is 4.20. The van der Waals surface area contributed by atoms with E-state index < -0.39 is 0 Å². The van der Waals surface area contributed by atoms with Crippen LogP contribution >= 0.6 is 0 Å². The lowest BCUT2D eigenvalue weighted by Gasteiger charge is -2.39. The molecule has 3 rings (SSSR count). The summed E-state index contributed by atoms with van der Waals surface area (Å²) in [5, 5.41) is 0. The van der Waals surface area contributed by atoms with Gasteiger partial charge in [0.1, 0.15) is 6.33 Å². The van der Waals surface area contributed by atoms with Crippen LogP contribution in [-0.4, -0.2) is 33.1 Å². The first kappa shape index (κ1) is 11.8. The van der Waals surface area contributed by atoms with E-state index in [0.717, 1.165) is 19.4 Å². The van der Waals surface area contributed by atoms with Gasteiger partial charge in [0.15, 0.2) is 0 Å². The fourth-order valence-electron chi connectivity index (χ4n) is 4.20. The monoisotopic (exact) mass is 247 g/mol. The number of hydrogen-bond donors (Lipinski definition) is 0. The molecule has 2 fully saturated rings. The first-order valence-electron chi connectivity index (χ1n) is 6.68. The van der Waals surface area contributed by atoms with Crippen molar-refractivity contribution in [2.45, 2.75) is 46.1 Å². The molecule has 0 aromatic carbocycles. The molecule has 1 aliphatic carbocycles. The third-order valence-electron chi connectivity index (χ3n) is 4.39. The summed E-state index contributed by atoms with van der Waals surface area (Å²) in [5.41, 5.74) is 0.643. The SMILES string of the molecule is CC1(C)CC2CC(C)(CN2C(=O)n2ccnc2)C1. The van der Waals surface area contributed by atoms with Crippen LogP contribution in [0.4, 0.5) is 4.79 Å². The lowest BCUT2D eigenvalue weighted by molar-refractivity contribution is 0.129. The van der Waals surface area contributed by atoms with Gasteiger partial charge in [0, 0.05) is 25.0 Å². The maximum absolute atomic E-state index is 12.5. The smallest absolute Gasteiger partial charge is 0.320 e. The summed E-state index contributed by atoms with van der Waals surface area (Å²) in [6.45, 7) is 7.85. The van der Waals surface area contributed by atoms with E-state index in [0.29, 0.717) is 16.9 Å². The Morgan fingerprint density at radius 2 is 2.11 bits per heavy atom. The van der Waals surface area contributed by atoms with Crippen molar-refractivity contribution in [3.63, 3.8) is 0 Å². The van der Waals surface area contributed by atoms with Gasteiger partial charge in [-0.1, -0.05) is 20.8 Å². The van der Waals surface area contributed by atoms with Crippen molar-refractivity contribution in [3.05, 3.63) is 18.7 Å². The largest absolute Gasteiger partial charge is 0.329 e. The van der Waals surface area contributed by atoms with Gasteiger partial charge in [-0.15, -0.1) is 0 Å². The van der Waals surface area contributed by atoms with Crippen molar-refractivity contribution in [2.24, 2.45) is 10.8 Å². The Morgan fingerprint density at radius 3 is 2.78 bits per heavy atom. The van der Waals surface area contributed by atoms with E-state index in [4.69, 9.17) is 0 Å². The summed E-state index contributed by atoms with van der Waals surface area (Å²) >= 11 is 0. The summed E-state index contributed by atoms with van der Waals surface area (Å²) < 4.78 is 1.59. The maximum Gasteiger partial charge on any atom is 0.329 e. The first-order valence-corrected chi connectivity index (χ1v) is 6.68. The maximum atomic E-state index is 12.5. The normalized spacial score (nSPS) is 33.7. The number of nitrogens with zero attached hydrogens (tertiary/aromatic N) is 3. The number of carbonyl (C=O) groups excluding carboxylic acids is 1. The van der Waals surface area contributed by atoms with Gasteiger partial charge in [0.2, 0.25) is 0 Å². The van der Waals surface area contributed by atoms with Gasteiger partial charge in [-0.3, -0.25) is 4.57 Å². The number of amides is 1. The Bertz CT molecular complexity index is 465. The van der Waals surface area contributed by atoms with Gasteiger partial charge in [0.25, 0.3) is 0 Å². The first-order chi connectivity index (χ1) is 8.39. The summed E-state index contributed by atoms with van der Waals surface area (Å²) in [6.07, 6.45) is 8.46. The van der Waals surface area contributed by atoms with Crippen LogP contribution in [0, 0.1) is 10.8 Å². The van der Waals surface area contributed by atoms with Crippen LogP contribution in [0.15, 0.2) is 18.7 Å². The van der Waals surface area contributed by atoms with Crippen LogP contribution in [0.25, 0.3) is 0 Å². The molecular weight excluding hydrogens is 226 g/mol. The molecule has 1 aromatic heterocycles. The van der Waals surface area contributed by atoms with Gasteiger partial charge in [-0.2, -0.15) is 0 Å². The van der Waals surface area contributed by atoms with E-state index in [1.165, 1.54) is 6.42 Å². The molecule has 2 heterocycles. The molecule has 18 heavy (non-hydrogen) atoms. The number of likely N-dealkylation sites (tertiary alicyclic amines) is 1. The molecule has 2 atom stereocenters. The van der Waals surface area contributed by atoms with E-state index in [9.17, 15) is 4.79 Å². The number of aromatic nitrogens is 2. The minimum absolute atomic E-state index is 0.0823. The summed E-state index contributed by atoms with van der Waals surface area (Å²) in [6, 6.07) is 0.479. The Morgan fingerprint density at radius 1 is 1.33 bits per heavy atom. The molecule has 1 aromatic rings. The van der Waals surface area contributed by atoms with Crippen molar-refractivity contribution < 1.29 is 4.79 Å². The lowest BCUT2D eigenvalue weighted by Crippen LogP contribution is -2.39. The van der Waals surface area contributed by atoms with Crippen LogP contribution < -0.4 is 0 Å². The number of imidazole rings is 1. The second-order valence-corrected chi connectivity index (χ2v) is 7.09. The average Bonchev–Trinajstić information content (AvgIpc) is 2.82. The Labute approximate surface area is 108 Å². The van der Waals surface area contributed by atoms with Crippen molar-refractivity contribution in [3.8, 4) is 0 Å². The highest BCUT2D eigenvalue weighted by Gasteiger charge is 2.51. The van der Waals surface area contributed by atoms with Gasteiger partial charge < -0.3 is 4.90 Å². The number of hydrogen-bond acceptors (Lipinski definition) is 2. The minimum atomic E-state index is 0.0823. The number of carbonyl (C=O) groups is 1. The zero-order valence-corrected chi connectivity index (χ0v) is 11.4. The molecule has 2 bridgehead atoms. The van der Waals surface area contributed by atoms with Crippen LogP contribution in [0.3, 0.4) is 0 Å². The molecule has 1 amide bonds. The van der Waals surface area contributed by atoms with Crippen molar-refractivity contribution in [1.29, 1.82) is 0 Å². The highest BCUT2D eigenvalue weighted by molar-refractivity contribution is 5.77. The van der Waals surface area contributed by atoms with Crippen molar-refractivity contribution in [2.75, 3.05) is 6.54 Å². The van der Waals surface area contributed by atoms with E-state index in [2.05, 4.69) is 30.7 Å². The standard InChI is InChI=1S/C14H21N3O/c1-13(2)6-11-7-14(3,8-13)9-17(11)12(18)16-5-4-15-10-16/h4-5,10-11H,6-9H2,1-3H3. The zero-order valence-electron chi connectivity index (χ0n) is 11.4. The second kappa shape index (κ2) is 3.59. The Kier molecular flexibility index (Phi) is 2.34. The molecule has 2 aliphatic rings. The molecule has 0 radical (unpaired) electrons. The highest BCUT2D eigenvalue weighted by Crippen LogP contribution is 2.52. The zero-order chi connectivity index (χ0) is 13.0. The molecule has 0 N–H and O–H groups in total. The third kappa shape index (κ3) is 1.84. The van der Waals surface area contributed by atoms with Crippen LogP contribution in [-0.2, 0) is 0 Å². The predicted octanol–water partition coefficient (Wildman–Crippen LogP) is 2.75. The molecule has 2 unspecified atom stereocenters. The Hall–Kier alpha value is -1.32. The highest BCUT2D eigenvalue weighted by atomic mass is 16.2. The molecule has 98 valence electrons. The minimum Gasteiger partial charge on any atom is -0.320 e. The number of fused-ring (bicyclic) bond motifs is 2. The van der Waals surface area contributed by atoms with E-state index in [1.54, 1.807) is 23.3 Å². The van der Waals surface area contributed by atoms with Crippen molar-refractivity contribution >= 4 is 6.03 Å². The van der Waals surface area contributed by atoms with Gasteiger partial charge in [-0.25, -0.2) is 9.78 Å². The topological polar surface area (TPSA) is 38.1 Å². The third-order valence-corrected chi connectivity index (χ3v) is 4.39.